The van der Waals surface area contributed by atoms with Gasteiger partial charge in [-0.15, -0.1) is 11.3 Å². The van der Waals surface area contributed by atoms with Gasteiger partial charge in [0.1, 0.15) is 9.04 Å². The van der Waals surface area contributed by atoms with Crippen molar-refractivity contribution < 1.29 is 14.1 Å². The molecule has 0 amide bonds. The summed E-state index contributed by atoms with van der Waals surface area (Å²) in [6, 6.07) is 12.0. The van der Waals surface area contributed by atoms with E-state index < -0.39 is 10.8 Å². The van der Waals surface area contributed by atoms with Gasteiger partial charge in [-0.1, -0.05) is 30.3 Å². The van der Waals surface area contributed by atoms with Crippen LogP contribution in [0.15, 0.2) is 53.0 Å². The Morgan fingerprint density at radius 2 is 2.06 bits per heavy atom. The van der Waals surface area contributed by atoms with Gasteiger partial charge in [-0.05, 0) is 23.6 Å². The van der Waals surface area contributed by atoms with Gasteiger partial charge in [-0.3, -0.25) is 8.89 Å². The average molecular weight is 457 g/mol. The molecule has 1 aromatic carbocycles. The zero-order valence-electron chi connectivity index (χ0n) is 17.2. The molecule has 1 atom stereocenters. The van der Waals surface area contributed by atoms with E-state index in [1.165, 1.54) is 11.3 Å². The molecule has 0 aliphatic rings. The summed E-state index contributed by atoms with van der Waals surface area (Å²) in [4.78, 5) is 5.58. The number of nitrogens with two attached hydrogens (primary N) is 1. The zero-order chi connectivity index (χ0) is 21.8. The predicted octanol–water partition coefficient (Wildman–Crippen LogP) is 3.55. The smallest absolute Gasteiger partial charge is 0.127 e. The molecule has 1 unspecified atom stereocenters. The number of nitrogen functional groups attached to an aromatic ring is 1. The molecule has 0 fully saturated rings. The van der Waals surface area contributed by atoms with Gasteiger partial charge in [0.2, 0.25) is 0 Å². The molecule has 0 aliphatic carbocycles. The number of rotatable bonds is 9. The number of ether oxygens (including phenoxy) is 1. The fourth-order valence-electron chi connectivity index (χ4n) is 3.41. The molecule has 0 aliphatic heterocycles. The molecule has 7 nitrogen and oxygen atoms in total. The van der Waals surface area contributed by atoms with Gasteiger partial charge in [0.05, 0.1) is 41.5 Å². The van der Waals surface area contributed by atoms with Crippen molar-refractivity contribution in [3.8, 4) is 22.4 Å². The summed E-state index contributed by atoms with van der Waals surface area (Å²) in [5, 5.41) is 14.3. The van der Waals surface area contributed by atoms with Crippen molar-refractivity contribution in [2.45, 2.75) is 17.2 Å². The van der Waals surface area contributed by atoms with Gasteiger partial charge >= 0.3 is 0 Å². The fraction of sp³-hybridized carbons (Fsp3) is 0.273. The van der Waals surface area contributed by atoms with Crippen LogP contribution in [0.3, 0.4) is 0 Å². The summed E-state index contributed by atoms with van der Waals surface area (Å²) in [7, 11) is 0.422. The highest BCUT2D eigenvalue weighted by molar-refractivity contribution is 7.87. The first-order valence-electron chi connectivity index (χ1n) is 9.91. The molecule has 9 heteroatoms. The maximum Gasteiger partial charge on any atom is 0.127 e. The first kappa shape index (κ1) is 21.6. The monoisotopic (exact) mass is 456 g/mol. The van der Waals surface area contributed by atoms with Crippen molar-refractivity contribution in [1.29, 1.82) is 0 Å². The van der Waals surface area contributed by atoms with Gasteiger partial charge < -0.3 is 15.6 Å². The number of aliphatic hydroxyl groups is 1. The molecule has 0 spiro atoms. The lowest BCUT2D eigenvalue weighted by Gasteiger charge is -2.08. The van der Waals surface area contributed by atoms with E-state index in [0.29, 0.717) is 35.2 Å². The van der Waals surface area contributed by atoms with Gasteiger partial charge in [-0.25, -0.2) is 4.98 Å². The molecule has 31 heavy (non-hydrogen) atoms. The first-order chi connectivity index (χ1) is 15.1. The second-order valence-corrected chi connectivity index (χ2v) is 9.78. The molecule has 3 heterocycles. The number of pyridine rings is 1. The van der Waals surface area contributed by atoms with Crippen LogP contribution in [-0.2, 0) is 22.1 Å². The summed E-state index contributed by atoms with van der Waals surface area (Å²) in [5.41, 5.74) is 10.6. The van der Waals surface area contributed by atoms with E-state index in [-0.39, 0.29) is 6.61 Å². The molecule has 0 bridgehead atoms. The van der Waals surface area contributed by atoms with Crippen LogP contribution in [0.2, 0.25) is 0 Å². The number of hydrogen-bond acceptors (Lipinski definition) is 7. The van der Waals surface area contributed by atoms with Crippen LogP contribution in [0.4, 0.5) is 5.69 Å². The Morgan fingerprint density at radius 1 is 1.26 bits per heavy atom. The minimum atomic E-state index is -1.21. The lowest BCUT2D eigenvalue weighted by atomic mass is 10.0. The van der Waals surface area contributed by atoms with Crippen LogP contribution in [-0.4, -0.2) is 50.2 Å². The Bertz CT molecular complexity index is 1200. The molecular weight excluding hydrogens is 432 g/mol. The predicted molar refractivity (Wildman–Crippen MR) is 126 cm³/mol. The van der Waals surface area contributed by atoms with Gasteiger partial charge in [0, 0.05) is 36.6 Å². The summed E-state index contributed by atoms with van der Waals surface area (Å²) in [6.07, 6.45) is 4.30. The second kappa shape index (κ2) is 9.69. The van der Waals surface area contributed by atoms with E-state index in [0.717, 1.165) is 32.6 Å². The summed E-state index contributed by atoms with van der Waals surface area (Å²) < 4.78 is 20.3. The van der Waals surface area contributed by atoms with Crippen LogP contribution >= 0.6 is 11.3 Å². The third-order valence-electron chi connectivity index (χ3n) is 4.89. The molecular formula is C22H24N4O3S2. The van der Waals surface area contributed by atoms with Crippen LogP contribution in [0.1, 0.15) is 6.42 Å². The highest BCUT2D eigenvalue weighted by atomic mass is 32.2. The van der Waals surface area contributed by atoms with E-state index in [2.05, 4.69) is 5.10 Å². The quantitative estimate of drug-likeness (QED) is 0.373. The van der Waals surface area contributed by atoms with Crippen molar-refractivity contribution in [1.82, 2.24) is 14.8 Å². The Hall–Kier alpha value is -2.59. The Morgan fingerprint density at radius 3 is 2.81 bits per heavy atom. The number of benzene rings is 1. The molecule has 4 aromatic rings. The summed E-state index contributed by atoms with van der Waals surface area (Å²) in [5.74, 6) is 0.492. The number of fused-ring (bicyclic) bond motifs is 1. The maximum absolute atomic E-state index is 12.9. The maximum atomic E-state index is 12.9. The molecule has 162 valence electrons. The Balaban J connectivity index is 1.85. The number of hydrogen-bond donors (Lipinski definition) is 2. The van der Waals surface area contributed by atoms with Crippen molar-refractivity contribution in [3.05, 3.63) is 48.8 Å². The number of thiophene rings is 1. The number of aliphatic hydroxyl groups excluding tert-OH is 1. The number of methoxy groups -OCH3 is 1. The fourth-order valence-corrected chi connectivity index (χ4v) is 6.04. The second-order valence-electron chi connectivity index (χ2n) is 7.02. The van der Waals surface area contributed by atoms with Crippen molar-refractivity contribution in [2.24, 2.45) is 0 Å². The largest absolute Gasteiger partial charge is 0.396 e. The minimum absolute atomic E-state index is 0.0164. The topological polar surface area (TPSA) is 103 Å². The van der Waals surface area contributed by atoms with Gasteiger partial charge in [0.15, 0.2) is 0 Å². The van der Waals surface area contributed by atoms with E-state index in [9.17, 15) is 9.32 Å². The van der Waals surface area contributed by atoms with E-state index >= 15 is 0 Å². The number of anilines is 1. The van der Waals surface area contributed by atoms with Crippen LogP contribution in [0.25, 0.3) is 32.6 Å². The highest BCUT2D eigenvalue weighted by Gasteiger charge is 2.21. The molecule has 0 radical (unpaired) electrons. The molecule has 0 saturated carbocycles. The zero-order valence-corrected chi connectivity index (χ0v) is 18.8. The first-order valence-corrected chi connectivity index (χ1v) is 12.1. The average Bonchev–Trinajstić information content (AvgIpc) is 3.39. The minimum Gasteiger partial charge on any atom is -0.396 e. The highest BCUT2D eigenvalue weighted by Crippen LogP contribution is 2.42. The lowest BCUT2D eigenvalue weighted by molar-refractivity contribution is 0.200. The van der Waals surface area contributed by atoms with Gasteiger partial charge in [0.25, 0.3) is 0 Å². The summed E-state index contributed by atoms with van der Waals surface area (Å²) in [6.45, 7) is 0.999. The Kier molecular flexibility index (Phi) is 6.77. The standard InChI is InChI=1S/C22H24N4O3S2/c1-29-10-5-11-31(28)22-20(23)19-17(15-6-3-2-4-7-15)12-18(25-21(19)30-22)16-13-24-26(14-16)8-9-27/h2-4,6-7,12-14,27H,5,8-11,23H2,1H3. The lowest BCUT2D eigenvalue weighted by Crippen LogP contribution is -2.02. The third kappa shape index (κ3) is 4.54. The number of aromatic nitrogens is 3. The van der Waals surface area contributed by atoms with Crippen LogP contribution in [0.5, 0.6) is 0 Å². The molecule has 3 aromatic heterocycles. The SMILES string of the molecule is COCCCS(=O)c1sc2nc(-c3cnn(CCO)c3)cc(-c3ccccc3)c2c1N. The molecule has 0 saturated heterocycles. The Labute approximate surface area is 187 Å². The van der Waals surface area contributed by atoms with E-state index in [1.807, 2.05) is 42.6 Å². The molecule has 3 N–H and O–H groups in total. The van der Waals surface area contributed by atoms with Crippen molar-refractivity contribution in [2.75, 3.05) is 31.8 Å². The van der Waals surface area contributed by atoms with Crippen molar-refractivity contribution >= 4 is 38.0 Å². The normalized spacial score (nSPS) is 12.5. The third-order valence-corrected chi connectivity index (χ3v) is 7.89. The summed E-state index contributed by atoms with van der Waals surface area (Å²) >= 11 is 1.38. The van der Waals surface area contributed by atoms with E-state index in [1.54, 1.807) is 18.0 Å². The molecule has 4 rings (SSSR count). The van der Waals surface area contributed by atoms with E-state index in [4.69, 9.17) is 15.5 Å². The van der Waals surface area contributed by atoms with Gasteiger partial charge in [-0.2, -0.15) is 5.10 Å². The van der Waals surface area contributed by atoms with Crippen LogP contribution in [0, 0.1) is 0 Å². The van der Waals surface area contributed by atoms with Crippen LogP contribution < -0.4 is 5.73 Å². The number of nitrogens with zero attached hydrogens (tertiary/aromatic N) is 3. The van der Waals surface area contributed by atoms with Crippen molar-refractivity contribution in [3.63, 3.8) is 0 Å².